The zero-order chi connectivity index (χ0) is 11.4. The maximum absolute atomic E-state index is 4.88. The monoisotopic (exact) mass is 234 g/mol. The first kappa shape index (κ1) is 10.7. The molecule has 0 bridgehead atoms. The van der Waals surface area contributed by atoms with Crippen molar-refractivity contribution in [1.29, 1.82) is 0 Å². The Labute approximate surface area is 97.6 Å². The van der Waals surface area contributed by atoms with E-state index in [9.17, 15) is 0 Å². The molecule has 1 N–H and O–H groups in total. The molecule has 0 fully saturated rings. The predicted molar refractivity (Wildman–Crippen MR) is 60.8 cm³/mol. The Balaban J connectivity index is 2.14. The lowest BCUT2D eigenvalue weighted by Crippen LogP contribution is -1.96. The minimum absolute atomic E-state index is 0.370. The molecule has 2 aromatic rings. The van der Waals surface area contributed by atoms with Crippen molar-refractivity contribution >= 4 is 12.2 Å². The minimum atomic E-state index is 0.370. The summed E-state index contributed by atoms with van der Waals surface area (Å²) in [6.45, 7) is 0. The first-order valence-electron chi connectivity index (χ1n) is 4.66. The van der Waals surface area contributed by atoms with Crippen LogP contribution in [-0.2, 0) is 6.42 Å². The Hall–Kier alpha value is -1.82. The van der Waals surface area contributed by atoms with Gasteiger partial charge in [-0.1, -0.05) is 0 Å². The van der Waals surface area contributed by atoms with Crippen LogP contribution in [0.25, 0.3) is 0 Å². The molecular weight excluding hydrogens is 224 g/mol. The standard InChI is InChI=1S/C10H10N4OS/c1-15-9-11-3-7(4-12-9)2-8-5-13-10(16)14-6-8/h3-6H,2H2,1H3,(H,13,14,16). The van der Waals surface area contributed by atoms with E-state index >= 15 is 0 Å². The van der Waals surface area contributed by atoms with E-state index in [1.54, 1.807) is 18.6 Å². The van der Waals surface area contributed by atoms with Gasteiger partial charge >= 0.3 is 6.01 Å². The van der Waals surface area contributed by atoms with Gasteiger partial charge in [0.25, 0.3) is 0 Å². The number of aromatic amines is 1. The number of hydrogen-bond acceptors (Lipinski definition) is 5. The molecule has 0 saturated heterocycles. The van der Waals surface area contributed by atoms with E-state index in [0.29, 0.717) is 17.2 Å². The molecule has 16 heavy (non-hydrogen) atoms. The summed E-state index contributed by atoms with van der Waals surface area (Å²) in [7, 11) is 1.54. The van der Waals surface area contributed by atoms with Gasteiger partial charge in [0.05, 0.1) is 7.11 Å². The van der Waals surface area contributed by atoms with Crippen LogP contribution < -0.4 is 4.74 Å². The lowest BCUT2D eigenvalue weighted by molar-refractivity contribution is 0.379. The SMILES string of the molecule is COc1ncc(Cc2cnc(=S)[nH]c2)cn1. The lowest BCUT2D eigenvalue weighted by atomic mass is 10.1. The molecule has 0 aliphatic carbocycles. The van der Waals surface area contributed by atoms with Gasteiger partial charge in [0.2, 0.25) is 0 Å². The second-order valence-corrected chi connectivity index (χ2v) is 3.57. The summed E-state index contributed by atoms with van der Waals surface area (Å²) in [4.78, 5) is 14.9. The lowest BCUT2D eigenvalue weighted by Gasteiger charge is -2.01. The fourth-order valence-electron chi connectivity index (χ4n) is 1.24. The number of nitrogens with zero attached hydrogens (tertiary/aromatic N) is 3. The van der Waals surface area contributed by atoms with Crippen LogP contribution in [0.5, 0.6) is 6.01 Å². The average molecular weight is 234 g/mol. The van der Waals surface area contributed by atoms with Crippen molar-refractivity contribution in [3.05, 3.63) is 40.7 Å². The van der Waals surface area contributed by atoms with Gasteiger partial charge in [-0.2, -0.15) is 0 Å². The summed E-state index contributed by atoms with van der Waals surface area (Å²) < 4.78 is 5.36. The molecule has 0 saturated carbocycles. The molecule has 0 atom stereocenters. The number of aromatic nitrogens is 4. The molecule has 2 rings (SSSR count). The van der Waals surface area contributed by atoms with E-state index in [-0.39, 0.29) is 0 Å². The van der Waals surface area contributed by atoms with Crippen LogP contribution >= 0.6 is 12.2 Å². The second kappa shape index (κ2) is 4.80. The van der Waals surface area contributed by atoms with Crippen molar-refractivity contribution in [2.75, 3.05) is 7.11 Å². The molecule has 0 radical (unpaired) electrons. The zero-order valence-corrected chi connectivity index (χ0v) is 9.49. The predicted octanol–water partition coefficient (Wildman–Crippen LogP) is 1.53. The normalized spacial score (nSPS) is 10.1. The molecule has 0 aromatic carbocycles. The van der Waals surface area contributed by atoms with E-state index in [0.717, 1.165) is 11.1 Å². The molecule has 0 spiro atoms. The molecular formula is C10H10N4OS. The van der Waals surface area contributed by atoms with Gasteiger partial charge in [-0.25, -0.2) is 15.0 Å². The van der Waals surface area contributed by atoms with Gasteiger partial charge in [-0.3, -0.25) is 0 Å². The van der Waals surface area contributed by atoms with Gasteiger partial charge in [0.1, 0.15) is 0 Å². The van der Waals surface area contributed by atoms with E-state index < -0.39 is 0 Å². The first-order valence-corrected chi connectivity index (χ1v) is 5.07. The number of hydrogen-bond donors (Lipinski definition) is 1. The highest BCUT2D eigenvalue weighted by atomic mass is 32.1. The van der Waals surface area contributed by atoms with E-state index in [4.69, 9.17) is 17.0 Å². The summed E-state index contributed by atoms with van der Waals surface area (Å²) in [6.07, 6.45) is 7.74. The van der Waals surface area contributed by atoms with Gasteiger partial charge in [0, 0.05) is 31.2 Å². The van der Waals surface area contributed by atoms with Crippen LogP contribution in [0.15, 0.2) is 24.8 Å². The molecule has 0 aliphatic heterocycles. The van der Waals surface area contributed by atoms with Crippen LogP contribution in [0.2, 0.25) is 0 Å². The third-order valence-corrected chi connectivity index (χ3v) is 2.22. The minimum Gasteiger partial charge on any atom is -0.467 e. The van der Waals surface area contributed by atoms with Crippen LogP contribution in [0.4, 0.5) is 0 Å². The summed E-state index contributed by atoms with van der Waals surface area (Å²) >= 11 is 4.86. The second-order valence-electron chi connectivity index (χ2n) is 3.18. The first-order chi connectivity index (χ1) is 7.78. The zero-order valence-electron chi connectivity index (χ0n) is 8.67. The summed E-state index contributed by atoms with van der Waals surface area (Å²) in [5.41, 5.74) is 2.02. The Bertz CT molecular complexity index is 503. The smallest absolute Gasteiger partial charge is 0.316 e. The van der Waals surface area contributed by atoms with Gasteiger partial charge in [0.15, 0.2) is 4.77 Å². The van der Waals surface area contributed by atoms with E-state index in [1.807, 2.05) is 6.20 Å². The van der Waals surface area contributed by atoms with Crippen molar-refractivity contribution < 1.29 is 4.74 Å². The van der Waals surface area contributed by atoms with Gasteiger partial charge < -0.3 is 9.72 Å². The fraction of sp³-hybridized carbons (Fsp3) is 0.200. The number of methoxy groups -OCH3 is 1. The number of H-pyrrole nitrogens is 1. The Morgan fingerprint density at radius 1 is 1.19 bits per heavy atom. The van der Waals surface area contributed by atoms with Crippen LogP contribution in [0.1, 0.15) is 11.1 Å². The molecule has 82 valence electrons. The van der Waals surface area contributed by atoms with E-state index in [2.05, 4.69) is 19.9 Å². The molecule has 0 amide bonds. The van der Waals surface area contributed by atoms with Crippen molar-refractivity contribution in [2.24, 2.45) is 0 Å². The van der Waals surface area contributed by atoms with Crippen molar-refractivity contribution in [2.45, 2.75) is 6.42 Å². The maximum atomic E-state index is 4.88. The van der Waals surface area contributed by atoms with Gasteiger partial charge in [-0.05, 0) is 23.3 Å². The molecule has 6 heteroatoms. The summed E-state index contributed by atoms with van der Waals surface area (Å²) in [5, 5.41) is 0. The molecule has 5 nitrogen and oxygen atoms in total. The number of rotatable bonds is 3. The number of ether oxygens (including phenoxy) is 1. The Morgan fingerprint density at radius 3 is 2.44 bits per heavy atom. The highest BCUT2D eigenvalue weighted by molar-refractivity contribution is 7.71. The average Bonchev–Trinajstić information content (AvgIpc) is 2.33. The van der Waals surface area contributed by atoms with Crippen LogP contribution in [0.3, 0.4) is 0 Å². The van der Waals surface area contributed by atoms with Crippen LogP contribution in [0, 0.1) is 4.77 Å². The maximum Gasteiger partial charge on any atom is 0.316 e. The highest BCUT2D eigenvalue weighted by Crippen LogP contribution is 2.07. The summed E-state index contributed by atoms with van der Waals surface area (Å²) in [6, 6.07) is 0.370. The third kappa shape index (κ3) is 2.60. The number of nitrogens with one attached hydrogen (secondary N) is 1. The van der Waals surface area contributed by atoms with Gasteiger partial charge in [-0.15, -0.1) is 0 Å². The van der Waals surface area contributed by atoms with Crippen molar-refractivity contribution in [1.82, 2.24) is 19.9 Å². The largest absolute Gasteiger partial charge is 0.467 e. The fourth-order valence-corrected chi connectivity index (χ4v) is 1.35. The Morgan fingerprint density at radius 2 is 1.88 bits per heavy atom. The molecule has 2 heterocycles. The molecule has 0 aliphatic rings. The molecule has 2 aromatic heterocycles. The van der Waals surface area contributed by atoms with Crippen LogP contribution in [-0.4, -0.2) is 27.0 Å². The van der Waals surface area contributed by atoms with E-state index in [1.165, 1.54) is 7.11 Å². The Kier molecular flexibility index (Phi) is 3.21. The quantitative estimate of drug-likeness (QED) is 0.816. The molecule has 0 unspecified atom stereocenters. The highest BCUT2D eigenvalue weighted by Gasteiger charge is 1.99. The van der Waals surface area contributed by atoms with Crippen molar-refractivity contribution in [3.8, 4) is 6.01 Å². The summed E-state index contributed by atoms with van der Waals surface area (Å²) in [5.74, 6) is 0. The topological polar surface area (TPSA) is 63.7 Å². The third-order valence-electron chi connectivity index (χ3n) is 2.00. The van der Waals surface area contributed by atoms with Crippen molar-refractivity contribution in [3.63, 3.8) is 0 Å².